The maximum absolute atomic E-state index is 13.3. The van der Waals surface area contributed by atoms with Gasteiger partial charge in [0.25, 0.3) is 5.91 Å². The van der Waals surface area contributed by atoms with Crippen LogP contribution in [0.5, 0.6) is 0 Å². The van der Waals surface area contributed by atoms with Crippen LogP contribution in [-0.4, -0.2) is 55.9 Å². The molecule has 2 aromatic carbocycles. The van der Waals surface area contributed by atoms with Crippen LogP contribution in [0.2, 0.25) is 0 Å². The van der Waals surface area contributed by atoms with Gasteiger partial charge in [0.2, 0.25) is 10.0 Å². The molecule has 1 aromatic heterocycles. The second-order valence-electron chi connectivity index (χ2n) is 8.03. The first-order chi connectivity index (χ1) is 17.1. The lowest BCUT2D eigenvalue weighted by Gasteiger charge is -2.35. The van der Waals surface area contributed by atoms with Gasteiger partial charge in [0.15, 0.2) is 0 Å². The van der Waals surface area contributed by atoms with Crippen LogP contribution in [0.4, 0.5) is 15.8 Å². The SMILES string of the molecule is Cc1sc(C(=O)Nc2ccc(C#N)cc2C(=O)O)cc1S(=O)(=O)N1CCN(c2ccc(F)cc2)CC1. The first-order valence-electron chi connectivity index (χ1n) is 10.8. The molecule has 2 heterocycles. The number of piperazine rings is 1. The van der Waals surface area contributed by atoms with Gasteiger partial charge in [-0.05, 0) is 55.5 Å². The summed E-state index contributed by atoms with van der Waals surface area (Å²) in [7, 11) is -3.87. The highest BCUT2D eigenvalue weighted by Crippen LogP contribution is 2.30. The molecule has 186 valence electrons. The number of nitriles is 1. The summed E-state index contributed by atoms with van der Waals surface area (Å²) in [4.78, 5) is 26.9. The van der Waals surface area contributed by atoms with Crippen molar-refractivity contribution in [3.05, 3.63) is 75.2 Å². The molecule has 2 N–H and O–H groups in total. The fraction of sp³-hybridized carbons (Fsp3) is 0.208. The third kappa shape index (κ3) is 5.08. The molecule has 1 aliphatic heterocycles. The largest absolute Gasteiger partial charge is 0.478 e. The van der Waals surface area contributed by atoms with Gasteiger partial charge >= 0.3 is 5.97 Å². The number of sulfonamides is 1. The molecule has 12 heteroatoms. The average Bonchev–Trinajstić information content (AvgIpc) is 3.27. The zero-order valence-electron chi connectivity index (χ0n) is 19.1. The molecule has 1 aliphatic rings. The van der Waals surface area contributed by atoms with E-state index in [2.05, 4.69) is 5.32 Å². The number of nitrogens with zero attached hydrogens (tertiary/aromatic N) is 3. The van der Waals surface area contributed by atoms with Gasteiger partial charge in [-0.3, -0.25) is 4.79 Å². The van der Waals surface area contributed by atoms with Crippen LogP contribution < -0.4 is 10.2 Å². The van der Waals surface area contributed by atoms with Crippen molar-refractivity contribution >= 4 is 44.6 Å². The highest BCUT2D eigenvalue weighted by Gasteiger charge is 2.32. The number of aryl methyl sites for hydroxylation is 1. The zero-order chi connectivity index (χ0) is 26.0. The van der Waals surface area contributed by atoms with E-state index < -0.39 is 21.9 Å². The third-order valence-corrected chi connectivity index (χ3v) is 8.97. The van der Waals surface area contributed by atoms with Crippen LogP contribution >= 0.6 is 11.3 Å². The number of rotatable bonds is 6. The molecule has 4 rings (SSSR count). The zero-order valence-corrected chi connectivity index (χ0v) is 20.7. The molecule has 36 heavy (non-hydrogen) atoms. The summed E-state index contributed by atoms with van der Waals surface area (Å²) in [6, 6.07) is 13.0. The maximum atomic E-state index is 13.3. The van der Waals surface area contributed by atoms with E-state index in [1.165, 1.54) is 34.6 Å². The average molecular weight is 529 g/mol. The summed E-state index contributed by atoms with van der Waals surface area (Å²) in [5.74, 6) is -2.31. The molecule has 1 saturated heterocycles. The smallest absolute Gasteiger partial charge is 0.337 e. The number of hydrogen-bond acceptors (Lipinski definition) is 7. The normalized spacial score (nSPS) is 14.3. The summed E-state index contributed by atoms with van der Waals surface area (Å²) < 4.78 is 41.2. The van der Waals surface area contributed by atoms with E-state index in [0.29, 0.717) is 18.0 Å². The molecule has 1 amide bonds. The van der Waals surface area contributed by atoms with Gasteiger partial charge in [-0.25, -0.2) is 17.6 Å². The Balaban J connectivity index is 1.50. The number of carbonyl (C=O) groups is 2. The molecule has 0 bridgehead atoms. The van der Waals surface area contributed by atoms with Gasteiger partial charge in [-0.15, -0.1) is 11.3 Å². The number of thiophene rings is 1. The number of carboxylic acid groups (broad SMARTS) is 1. The van der Waals surface area contributed by atoms with Gasteiger partial charge in [-0.1, -0.05) is 0 Å². The Morgan fingerprint density at radius 3 is 2.36 bits per heavy atom. The molecule has 0 radical (unpaired) electrons. The Morgan fingerprint density at radius 1 is 1.08 bits per heavy atom. The molecule has 0 aliphatic carbocycles. The van der Waals surface area contributed by atoms with Crippen molar-refractivity contribution in [2.24, 2.45) is 0 Å². The van der Waals surface area contributed by atoms with Crippen molar-refractivity contribution in [1.29, 1.82) is 5.26 Å². The number of benzene rings is 2. The summed E-state index contributed by atoms with van der Waals surface area (Å²) in [5.41, 5.74) is 0.689. The van der Waals surface area contributed by atoms with Crippen molar-refractivity contribution in [2.45, 2.75) is 11.8 Å². The van der Waals surface area contributed by atoms with Crippen LogP contribution in [0.25, 0.3) is 0 Å². The Kier molecular flexibility index (Phi) is 7.07. The third-order valence-electron chi connectivity index (χ3n) is 5.77. The van der Waals surface area contributed by atoms with E-state index in [1.807, 2.05) is 11.0 Å². The van der Waals surface area contributed by atoms with Crippen LogP contribution in [0.3, 0.4) is 0 Å². The Labute approximate surface area is 211 Å². The molecule has 9 nitrogen and oxygen atoms in total. The summed E-state index contributed by atoms with van der Waals surface area (Å²) in [5, 5.41) is 20.9. The summed E-state index contributed by atoms with van der Waals surface area (Å²) in [6.07, 6.45) is 0. The predicted molar refractivity (Wildman–Crippen MR) is 132 cm³/mol. The van der Waals surface area contributed by atoms with Crippen LogP contribution in [-0.2, 0) is 10.0 Å². The van der Waals surface area contributed by atoms with Crippen molar-refractivity contribution in [3.8, 4) is 6.07 Å². The van der Waals surface area contributed by atoms with Gasteiger partial charge in [0, 0.05) is 36.7 Å². The van der Waals surface area contributed by atoms with Crippen LogP contribution in [0.1, 0.15) is 30.5 Å². The molecular formula is C24H21FN4O5S2. The number of carboxylic acids is 1. The first-order valence-corrected chi connectivity index (χ1v) is 13.1. The number of aromatic carboxylic acids is 1. The number of amides is 1. The maximum Gasteiger partial charge on any atom is 0.337 e. The summed E-state index contributed by atoms with van der Waals surface area (Å²) >= 11 is 0.990. The minimum absolute atomic E-state index is 0.00104. The standard InChI is InChI=1S/C24H21FN4O5S2/c1-15-22(36(33,34)29-10-8-28(9-11-29)18-5-3-17(25)4-6-18)13-21(35-15)23(30)27-20-7-2-16(14-26)12-19(20)24(31)32/h2-7,12-13H,8-11H2,1H3,(H,27,30)(H,31,32). The van der Waals surface area contributed by atoms with Gasteiger partial charge in [0.1, 0.15) is 5.82 Å². The molecule has 0 atom stereocenters. The Hall–Kier alpha value is -3.79. The first kappa shape index (κ1) is 25.3. The van der Waals surface area contributed by atoms with Gasteiger partial charge in [-0.2, -0.15) is 9.57 Å². The van der Waals surface area contributed by atoms with Crippen LogP contribution in [0, 0.1) is 24.1 Å². The van der Waals surface area contributed by atoms with E-state index in [0.717, 1.165) is 23.1 Å². The molecule has 0 unspecified atom stereocenters. The number of hydrogen-bond donors (Lipinski definition) is 2. The topological polar surface area (TPSA) is 131 Å². The lowest BCUT2D eigenvalue weighted by Crippen LogP contribution is -2.48. The molecule has 3 aromatic rings. The molecular weight excluding hydrogens is 507 g/mol. The molecule has 1 fully saturated rings. The van der Waals surface area contributed by atoms with Crippen molar-refractivity contribution in [1.82, 2.24) is 4.31 Å². The van der Waals surface area contributed by atoms with Crippen molar-refractivity contribution in [3.63, 3.8) is 0 Å². The van der Waals surface area contributed by atoms with Crippen LogP contribution in [0.15, 0.2) is 53.4 Å². The van der Waals surface area contributed by atoms with E-state index in [4.69, 9.17) is 5.26 Å². The highest BCUT2D eigenvalue weighted by atomic mass is 32.2. The number of halogens is 1. The van der Waals surface area contributed by atoms with Gasteiger partial charge in [0.05, 0.1) is 32.7 Å². The van der Waals surface area contributed by atoms with E-state index in [-0.39, 0.29) is 45.5 Å². The monoisotopic (exact) mass is 528 g/mol. The molecule has 0 spiro atoms. The van der Waals surface area contributed by atoms with Crippen molar-refractivity contribution < 1.29 is 27.5 Å². The Bertz CT molecular complexity index is 1470. The van der Waals surface area contributed by atoms with E-state index >= 15 is 0 Å². The highest BCUT2D eigenvalue weighted by molar-refractivity contribution is 7.89. The lowest BCUT2D eigenvalue weighted by molar-refractivity contribution is 0.0698. The minimum Gasteiger partial charge on any atom is -0.478 e. The molecule has 0 saturated carbocycles. The Morgan fingerprint density at radius 2 is 1.75 bits per heavy atom. The second kappa shape index (κ2) is 10.1. The minimum atomic E-state index is -3.87. The predicted octanol–water partition coefficient (Wildman–Crippen LogP) is 3.53. The number of carbonyl (C=O) groups excluding carboxylic acids is 1. The fourth-order valence-electron chi connectivity index (χ4n) is 3.89. The lowest BCUT2D eigenvalue weighted by atomic mass is 10.1. The van der Waals surface area contributed by atoms with Crippen molar-refractivity contribution in [2.75, 3.05) is 36.4 Å². The quantitative estimate of drug-likeness (QED) is 0.500. The number of nitrogens with one attached hydrogen (secondary N) is 1. The second-order valence-corrected chi connectivity index (χ2v) is 11.2. The summed E-state index contributed by atoms with van der Waals surface area (Å²) in [6.45, 7) is 2.91. The van der Waals surface area contributed by atoms with Gasteiger partial charge < -0.3 is 15.3 Å². The van der Waals surface area contributed by atoms with E-state index in [1.54, 1.807) is 19.1 Å². The fourth-order valence-corrected chi connectivity index (χ4v) is 6.77. The van der Waals surface area contributed by atoms with E-state index in [9.17, 15) is 27.5 Å². The number of anilines is 2.